The second kappa shape index (κ2) is 8.67. The molecule has 1 saturated carbocycles. The first kappa shape index (κ1) is 20.2. The lowest BCUT2D eigenvalue weighted by Gasteiger charge is -2.38. The molecule has 0 radical (unpaired) electrons. The lowest BCUT2D eigenvalue weighted by atomic mass is 9.68. The average Bonchev–Trinajstić information content (AvgIpc) is 3.08. The lowest BCUT2D eigenvalue weighted by molar-refractivity contribution is -0.116. The Hall–Kier alpha value is -1.51. The van der Waals surface area contributed by atoms with Crippen molar-refractivity contribution in [2.75, 3.05) is 38.6 Å². The number of hydrogen-bond acceptors (Lipinski definition) is 3. The smallest absolute Gasteiger partial charge is 0.224 e. The van der Waals surface area contributed by atoms with Crippen molar-refractivity contribution in [3.05, 3.63) is 23.8 Å². The molecule has 1 spiro atoms. The molecule has 27 heavy (non-hydrogen) atoms. The first-order chi connectivity index (χ1) is 12.7. The van der Waals surface area contributed by atoms with Crippen LogP contribution in [0.1, 0.15) is 37.7 Å². The Morgan fingerprint density at radius 3 is 2.89 bits per heavy atom. The zero-order chi connectivity index (χ0) is 18.0. The minimum Gasteiger partial charge on any atom is -0.492 e. The highest BCUT2D eigenvalue weighted by atomic mass is 127. The number of benzene rings is 1. The van der Waals surface area contributed by atoms with Gasteiger partial charge in [0, 0.05) is 32.2 Å². The fourth-order valence-electron chi connectivity index (χ4n) is 4.31. The molecular formula is C20H29IN4O2. The fraction of sp³-hybridized carbons (Fsp3) is 0.600. The molecule has 6 nitrogen and oxygen atoms in total. The molecule has 1 aromatic rings. The van der Waals surface area contributed by atoms with Crippen LogP contribution in [0.4, 0.5) is 5.69 Å². The normalized spacial score (nSPS) is 20.4. The molecule has 1 saturated heterocycles. The number of ether oxygens (including phenoxy) is 1. The maximum Gasteiger partial charge on any atom is 0.224 e. The highest BCUT2D eigenvalue weighted by Gasteiger charge is 2.43. The van der Waals surface area contributed by atoms with Gasteiger partial charge >= 0.3 is 0 Å². The Bertz CT molecular complexity index is 718. The summed E-state index contributed by atoms with van der Waals surface area (Å²) in [5, 5.41) is 6.33. The summed E-state index contributed by atoms with van der Waals surface area (Å²) in [6, 6.07) is 5.88. The highest BCUT2D eigenvalue weighted by molar-refractivity contribution is 14.0. The summed E-state index contributed by atoms with van der Waals surface area (Å²) in [5.74, 6) is 1.93. The molecule has 2 aliphatic heterocycles. The van der Waals surface area contributed by atoms with E-state index in [1.54, 1.807) is 0 Å². The van der Waals surface area contributed by atoms with Gasteiger partial charge in [-0.25, -0.2) is 0 Å². The first-order valence-electron chi connectivity index (χ1n) is 9.69. The van der Waals surface area contributed by atoms with Crippen molar-refractivity contribution in [2.24, 2.45) is 10.4 Å². The van der Waals surface area contributed by atoms with Gasteiger partial charge in [0.25, 0.3) is 0 Å². The zero-order valence-electron chi connectivity index (χ0n) is 15.9. The minimum absolute atomic E-state index is 0. The Balaban J connectivity index is 0.00000210. The molecule has 3 aliphatic rings. The number of guanidine groups is 1. The van der Waals surface area contributed by atoms with E-state index in [-0.39, 0.29) is 29.9 Å². The van der Waals surface area contributed by atoms with Crippen LogP contribution in [0.25, 0.3) is 0 Å². The number of carbonyl (C=O) groups excluding carboxylic acids is 1. The number of likely N-dealkylation sites (tertiary alicyclic amines) is 1. The van der Waals surface area contributed by atoms with Crippen LogP contribution in [-0.2, 0) is 11.2 Å². The number of aliphatic imine (C=N–C) groups is 1. The first-order valence-corrected chi connectivity index (χ1v) is 9.69. The number of carbonyl (C=O) groups is 1. The van der Waals surface area contributed by atoms with Crippen molar-refractivity contribution in [3.8, 4) is 5.75 Å². The zero-order valence-corrected chi connectivity index (χ0v) is 18.3. The van der Waals surface area contributed by atoms with Crippen LogP contribution in [0, 0.1) is 5.41 Å². The van der Waals surface area contributed by atoms with E-state index in [0.717, 1.165) is 49.0 Å². The number of nitrogens with one attached hydrogen (secondary N) is 2. The molecule has 2 heterocycles. The SMILES string of the molecule is CN=C(NCCOc1ccc2c(c1)CCC(=O)N2)N1CCC2(CCC2)C1.I. The maximum absolute atomic E-state index is 11.4. The fourth-order valence-corrected chi connectivity index (χ4v) is 4.31. The predicted molar refractivity (Wildman–Crippen MR) is 118 cm³/mol. The molecule has 2 fully saturated rings. The van der Waals surface area contributed by atoms with Gasteiger partial charge < -0.3 is 20.3 Å². The van der Waals surface area contributed by atoms with Gasteiger partial charge in [-0.05, 0) is 54.9 Å². The third-order valence-corrected chi connectivity index (χ3v) is 5.99. The summed E-state index contributed by atoms with van der Waals surface area (Å²) in [7, 11) is 1.85. The summed E-state index contributed by atoms with van der Waals surface area (Å²) >= 11 is 0. The Labute approximate surface area is 178 Å². The number of fused-ring (bicyclic) bond motifs is 1. The van der Waals surface area contributed by atoms with Gasteiger partial charge in [-0.3, -0.25) is 9.79 Å². The van der Waals surface area contributed by atoms with Gasteiger partial charge in [0.05, 0.1) is 6.54 Å². The van der Waals surface area contributed by atoms with Crippen molar-refractivity contribution in [3.63, 3.8) is 0 Å². The van der Waals surface area contributed by atoms with Gasteiger partial charge in [0.2, 0.25) is 5.91 Å². The minimum atomic E-state index is 0. The summed E-state index contributed by atoms with van der Waals surface area (Å²) in [4.78, 5) is 18.2. The van der Waals surface area contributed by atoms with Crippen molar-refractivity contribution in [2.45, 2.75) is 38.5 Å². The summed E-state index contributed by atoms with van der Waals surface area (Å²) in [5.41, 5.74) is 2.63. The Morgan fingerprint density at radius 2 is 2.19 bits per heavy atom. The van der Waals surface area contributed by atoms with Gasteiger partial charge in [0.1, 0.15) is 12.4 Å². The summed E-state index contributed by atoms with van der Waals surface area (Å²) < 4.78 is 5.88. The molecule has 1 aromatic carbocycles. The monoisotopic (exact) mass is 484 g/mol. The average molecular weight is 484 g/mol. The van der Waals surface area contributed by atoms with E-state index in [4.69, 9.17) is 4.74 Å². The number of halogens is 1. The molecule has 148 valence electrons. The molecule has 1 amide bonds. The van der Waals surface area contributed by atoms with Crippen molar-refractivity contribution < 1.29 is 9.53 Å². The maximum atomic E-state index is 11.4. The molecule has 7 heteroatoms. The summed E-state index contributed by atoms with van der Waals surface area (Å²) in [6.07, 6.45) is 6.77. The van der Waals surface area contributed by atoms with E-state index in [2.05, 4.69) is 20.5 Å². The molecule has 0 aromatic heterocycles. The van der Waals surface area contributed by atoms with E-state index in [1.165, 1.54) is 25.7 Å². The van der Waals surface area contributed by atoms with Crippen molar-refractivity contribution in [1.82, 2.24) is 10.2 Å². The summed E-state index contributed by atoms with van der Waals surface area (Å²) in [6.45, 7) is 3.56. The van der Waals surface area contributed by atoms with Crippen LogP contribution in [0.3, 0.4) is 0 Å². The third-order valence-electron chi connectivity index (χ3n) is 5.99. The number of nitrogens with zero attached hydrogens (tertiary/aromatic N) is 2. The molecule has 0 atom stereocenters. The number of anilines is 1. The van der Waals surface area contributed by atoms with Crippen LogP contribution >= 0.6 is 24.0 Å². The van der Waals surface area contributed by atoms with E-state index >= 15 is 0 Å². The standard InChI is InChI=1S/C20H28N4O2.HI/c1-21-19(24-11-9-20(14-24)7-2-8-20)22-10-12-26-16-4-5-17-15(13-16)3-6-18(25)23-17;/h4-5,13H,2-3,6-12,14H2,1H3,(H,21,22)(H,23,25);1H. The van der Waals surface area contributed by atoms with Gasteiger partial charge in [-0.1, -0.05) is 6.42 Å². The largest absolute Gasteiger partial charge is 0.492 e. The van der Waals surface area contributed by atoms with Crippen LogP contribution < -0.4 is 15.4 Å². The second-order valence-corrected chi connectivity index (χ2v) is 7.71. The molecule has 1 aliphatic carbocycles. The number of amides is 1. The topological polar surface area (TPSA) is 66.0 Å². The van der Waals surface area contributed by atoms with Gasteiger partial charge in [0.15, 0.2) is 5.96 Å². The van der Waals surface area contributed by atoms with E-state index in [9.17, 15) is 4.79 Å². The highest BCUT2D eigenvalue weighted by Crippen LogP contribution is 2.47. The third kappa shape index (κ3) is 4.50. The van der Waals surface area contributed by atoms with Crippen LogP contribution in [-0.4, -0.2) is 50.1 Å². The van der Waals surface area contributed by atoms with Crippen LogP contribution in [0.5, 0.6) is 5.75 Å². The van der Waals surface area contributed by atoms with Gasteiger partial charge in [-0.2, -0.15) is 0 Å². The quantitative estimate of drug-likeness (QED) is 0.299. The lowest BCUT2D eigenvalue weighted by Crippen LogP contribution is -2.43. The van der Waals surface area contributed by atoms with Crippen LogP contribution in [0.2, 0.25) is 0 Å². The number of hydrogen-bond donors (Lipinski definition) is 2. The Morgan fingerprint density at radius 1 is 1.33 bits per heavy atom. The van der Waals surface area contributed by atoms with Crippen LogP contribution in [0.15, 0.2) is 23.2 Å². The number of rotatable bonds is 4. The van der Waals surface area contributed by atoms with E-state index < -0.39 is 0 Å². The van der Waals surface area contributed by atoms with Gasteiger partial charge in [-0.15, -0.1) is 24.0 Å². The Kier molecular flexibility index (Phi) is 6.49. The molecule has 0 bridgehead atoms. The van der Waals surface area contributed by atoms with E-state index in [0.29, 0.717) is 18.4 Å². The molecule has 4 rings (SSSR count). The predicted octanol–water partition coefficient (Wildman–Crippen LogP) is 3.02. The molecule has 0 unspecified atom stereocenters. The van der Waals surface area contributed by atoms with Crippen molar-refractivity contribution >= 4 is 41.5 Å². The second-order valence-electron chi connectivity index (χ2n) is 7.71. The van der Waals surface area contributed by atoms with E-state index in [1.807, 2.05) is 25.2 Å². The molecule has 2 N–H and O–H groups in total. The van der Waals surface area contributed by atoms with Crippen molar-refractivity contribution in [1.29, 1.82) is 0 Å². The number of aryl methyl sites for hydroxylation is 1. The molecular weight excluding hydrogens is 455 g/mol.